The number of carbonyl (C=O) groups excluding carboxylic acids is 8. The van der Waals surface area contributed by atoms with Gasteiger partial charge in [0.2, 0.25) is 29.5 Å². The first-order valence-electron chi connectivity index (χ1n) is 43.1. The van der Waals surface area contributed by atoms with Crippen molar-refractivity contribution in [3.8, 4) is 0 Å². The van der Waals surface area contributed by atoms with Gasteiger partial charge in [-0.3, -0.25) is 64.3 Å². The van der Waals surface area contributed by atoms with Gasteiger partial charge in [-0.05, 0) is 118 Å². The Balaban J connectivity index is 0.000000108. The molecule has 8 fully saturated rings. The summed E-state index contributed by atoms with van der Waals surface area (Å²) in [5, 5.41) is 39.1. The smallest absolute Gasteiger partial charge is 0.257 e. The Morgan fingerprint density at radius 1 is 0.287 bits per heavy atom. The number of morpholine rings is 3. The first kappa shape index (κ1) is 92.5. The molecule has 8 amide bonds. The van der Waals surface area contributed by atoms with Crippen LogP contribution < -0.4 is 58.5 Å². The average molecular weight is 1860 g/mol. The number of aromatic nitrogens is 16. The Labute approximate surface area is 788 Å². The van der Waals surface area contributed by atoms with E-state index < -0.39 is 18.3 Å². The van der Waals surface area contributed by atoms with E-state index in [9.17, 15) is 38.4 Å². The molecule has 40 heteroatoms. The lowest BCUT2D eigenvalue weighted by Gasteiger charge is -2.25. The number of amides is 8. The summed E-state index contributed by atoms with van der Waals surface area (Å²) in [6, 6.07) is 1.09. The highest BCUT2D eigenvalue weighted by Gasteiger charge is 2.39. The number of ether oxygens (including phenoxy) is 3. The summed E-state index contributed by atoms with van der Waals surface area (Å²) < 4.78 is 16.5. The van der Waals surface area contributed by atoms with Crippen LogP contribution in [0.5, 0.6) is 0 Å². The van der Waals surface area contributed by atoms with Crippen molar-refractivity contribution in [3.05, 3.63) is 333 Å². The van der Waals surface area contributed by atoms with Crippen molar-refractivity contribution >= 4 is 119 Å². The Morgan fingerprint density at radius 2 is 0.610 bits per heavy atom. The lowest BCUT2D eigenvalue weighted by Crippen LogP contribution is -2.52. The second-order valence-corrected chi connectivity index (χ2v) is 35.4. The zero-order valence-corrected chi connectivity index (χ0v) is 75.0. The minimum Gasteiger partial charge on any atom is -0.358 e. The lowest BCUT2D eigenvalue weighted by atomic mass is 10.0. The van der Waals surface area contributed by atoms with Gasteiger partial charge in [0.15, 0.2) is 18.3 Å². The van der Waals surface area contributed by atoms with Gasteiger partial charge in [-0.1, -0.05) is 58.7 Å². The number of hydrogen-bond acceptors (Lipinski definition) is 32. The molecule has 24 rings (SSSR count). The molecular weight excluding hydrogens is 1770 g/mol. The van der Waals surface area contributed by atoms with E-state index in [4.69, 9.17) is 14.2 Å². The summed E-state index contributed by atoms with van der Waals surface area (Å²) in [7, 11) is 0. The van der Waals surface area contributed by atoms with Gasteiger partial charge in [-0.15, -0.1) is 23.5 Å². The molecule has 8 atom stereocenters. The van der Waals surface area contributed by atoms with Gasteiger partial charge in [0.1, 0.15) is 66.6 Å². The summed E-state index contributed by atoms with van der Waals surface area (Å²) in [5.41, 5.74) is 29.1. The van der Waals surface area contributed by atoms with E-state index in [1.807, 2.05) is 60.9 Å². The highest BCUT2D eigenvalue weighted by Crippen LogP contribution is 2.38. The van der Waals surface area contributed by atoms with Crippen LogP contribution in [0.15, 0.2) is 243 Å². The molecule has 38 nitrogen and oxygen atoms in total. The molecule has 0 spiro atoms. The van der Waals surface area contributed by atoms with E-state index in [1.54, 1.807) is 79.4 Å². The van der Waals surface area contributed by atoms with Crippen molar-refractivity contribution in [1.82, 2.24) is 138 Å². The van der Waals surface area contributed by atoms with Crippen molar-refractivity contribution in [2.24, 2.45) is 0 Å². The number of fused-ring (bicyclic) bond motifs is 8. The average Bonchev–Trinajstić information content (AvgIpc) is 1.71. The Morgan fingerprint density at radius 3 is 1.04 bits per heavy atom. The van der Waals surface area contributed by atoms with Crippen LogP contribution in [-0.2, 0) is 104 Å². The van der Waals surface area contributed by atoms with Crippen molar-refractivity contribution in [1.29, 1.82) is 0 Å². The van der Waals surface area contributed by atoms with Crippen LogP contribution in [0.2, 0.25) is 0 Å². The predicted molar refractivity (Wildman–Crippen MR) is 505 cm³/mol. The van der Waals surface area contributed by atoms with Gasteiger partial charge in [-0.25, -0.2) is 59.8 Å². The Hall–Kier alpha value is -15.3. The SMILES string of the molecule is C=C1CNC(C2=Cc3cncnc3C2)C(=O)N1.C=C1CNC(C2=Cc3ncncc3C2)C(=O)N1.C=C1CNC(C2=Cc3nnccc3C2)C(=O)N1.C=C1COC(C2=Cc3cncnc3C2)C(=O)N1.C=C1COC(C2=Cc3nccnc3C2)C(=O)N1.C=C1COC(C2=Cc3ncncc3C2)C(=O)N1.C=C1CSC(C2=Cc3cncnc3C2)C(=O)N1.C=C1CSC(C2=Cc3ncncc3C2)C(=O)N1. The van der Waals surface area contributed by atoms with Crippen LogP contribution >= 0.6 is 23.5 Å². The second kappa shape index (κ2) is 41.9. The molecular formula is C96H91N27O11S2. The van der Waals surface area contributed by atoms with Crippen LogP contribution in [0, 0.1) is 0 Å². The molecule has 8 aromatic rings. The molecule has 11 N–H and O–H groups in total. The fraction of sp³-hybridized carbons (Fsp3) is 0.250. The van der Waals surface area contributed by atoms with E-state index in [-0.39, 0.29) is 75.9 Å². The quantitative estimate of drug-likeness (QED) is 0.103. The molecule has 8 aromatic heterocycles. The zero-order chi connectivity index (χ0) is 94.6. The first-order chi connectivity index (χ1) is 65.9. The topological polar surface area (TPSA) is 503 Å². The van der Waals surface area contributed by atoms with E-state index in [2.05, 4.69) is 191 Å². The maximum absolute atomic E-state index is 11.9. The molecule has 136 heavy (non-hydrogen) atoms. The lowest BCUT2D eigenvalue weighted by molar-refractivity contribution is -0.133. The number of nitrogens with one attached hydrogen (secondary N) is 11. The third-order valence-corrected chi connectivity index (χ3v) is 25.9. The second-order valence-electron chi connectivity index (χ2n) is 33.2. The summed E-state index contributed by atoms with van der Waals surface area (Å²) in [4.78, 5) is 152. The number of piperazine rings is 3. The molecule has 16 heterocycles. The van der Waals surface area contributed by atoms with Gasteiger partial charge in [-0.2, -0.15) is 10.2 Å². The highest BCUT2D eigenvalue weighted by atomic mass is 32.2. The van der Waals surface area contributed by atoms with Crippen molar-refractivity contribution in [2.75, 3.05) is 51.0 Å². The van der Waals surface area contributed by atoms with Crippen LogP contribution in [0.1, 0.15) is 90.2 Å². The fourth-order valence-corrected chi connectivity index (χ4v) is 18.8. The van der Waals surface area contributed by atoms with Crippen molar-refractivity contribution in [3.63, 3.8) is 0 Å². The molecule has 0 saturated carbocycles. The van der Waals surface area contributed by atoms with Crippen LogP contribution in [-0.4, -0.2) is 225 Å². The van der Waals surface area contributed by atoms with Crippen LogP contribution in [0.3, 0.4) is 0 Å². The minimum atomic E-state index is -0.545. The monoisotopic (exact) mass is 1860 g/mol. The maximum atomic E-state index is 11.9. The number of hydrogen-bond donors (Lipinski definition) is 11. The number of carbonyl (C=O) groups is 8. The molecule has 16 aliphatic rings. The van der Waals surface area contributed by atoms with Crippen LogP contribution in [0.4, 0.5) is 0 Å². The minimum absolute atomic E-state index is 0.0262. The zero-order valence-electron chi connectivity index (χ0n) is 73.4. The van der Waals surface area contributed by atoms with E-state index >= 15 is 0 Å². The Kier molecular flexibility index (Phi) is 28.5. The largest absolute Gasteiger partial charge is 0.358 e. The van der Waals surface area contributed by atoms with Gasteiger partial charge in [0, 0.05) is 198 Å². The standard InChI is InChI=1S/3C12H12N4O.3C12H11N3O2.2C12H11N3OS/c2*1-7-4-14-11(12(17)16-7)8-2-9-5-13-6-15-10(9)3-8;1-7-6-13-11(12(17)15-7)9-4-8-2-3-14-16-10(8)5-9;2*1-7-5-17-11(12(16)15-7)8-2-9-4-13-6-14-10(9)3-8;1-7-6-17-11(12(16)15-7)8-4-9-10(5-8)14-3-2-13-9;2*1-7-5-17-11(12(16)15-7)8-2-9-4-13-6-14-10(9)3-8/h3,5-6,11,14H,1-2,4H2,(H,16,17);2,5-6,11,14H,1,3-4H2,(H,16,17);2-3,5,11,13H,1,4,6H2,(H,15,17);3-4,6,11H,1-2,5H2,(H,15,16);2,4,6,11H,1,3,5H2,(H,15,16);2-4,11H,1,5-6H2,(H,15,16);3-4,6,11H,1-2,5H2,(H,15,16);2,4,6,11H,1,3,5H2,(H,15,16). The molecule has 0 radical (unpaired) electrons. The predicted octanol–water partition coefficient (Wildman–Crippen LogP) is 3.71. The third-order valence-electron chi connectivity index (χ3n) is 23.1. The molecule has 688 valence electrons. The molecule has 0 bridgehead atoms. The Bertz CT molecular complexity index is 5470. The van der Waals surface area contributed by atoms with Gasteiger partial charge in [0.05, 0.1) is 71.1 Å². The first-order valence-corrected chi connectivity index (χ1v) is 45.2. The van der Waals surface area contributed by atoms with E-state index in [0.29, 0.717) is 99.3 Å². The fourth-order valence-electron chi connectivity index (χ4n) is 16.8. The maximum Gasteiger partial charge on any atom is 0.257 e. The summed E-state index contributed by atoms with van der Waals surface area (Å²) in [6.45, 7) is 32.6. The molecule has 8 saturated heterocycles. The molecule has 8 aliphatic carbocycles. The molecule has 0 aromatic carbocycles. The summed E-state index contributed by atoms with van der Waals surface area (Å²) in [5.74, 6) is 0.971. The normalized spacial score (nSPS) is 23.1. The molecule has 8 aliphatic heterocycles. The van der Waals surface area contributed by atoms with Gasteiger partial charge < -0.3 is 56.7 Å². The number of thioether (sulfide) groups is 2. The van der Waals surface area contributed by atoms with Gasteiger partial charge in [0.25, 0.3) is 17.7 Å². The number of nitrogens with zero attached hydrogens (tertiary/aromatic N) is 16. The van der Waals surface area contributed by atoms with Crippen LogP contribution in [0.25, 0.3) is 48.6 Å². The summed E-state index contributed by atoms with van der Waals surface area (Å²) in [6.07, 6.45) is 44.4. The highest BCUT2D eigenvalue weighted by molar-refractivity contribution is 8.01. The van der Waals surface area contributed by atoms with Gasteiger partial charge >= 0.3 is 0 Å². The molecule has 8 unspecified atom stereocenters. The van der Waals surface area contributed by atoms with E-state index in [1.165, 1.54) is 31.6 Å². The van der Waals surface area contributed by atoms with E-state index in [0.717, 1.165) is 183 Å². The number of rotatable bonds is 8. The van der Waals surface area contributed by atoms with Crippen molar-refractivity contribution < 1.29 is 52.6 Å². The third kappa shape index (κ3) is 22.1. The van der Waals surface area contributed by atoms with Crippen molar-refractivity contribution in [2.45, 2.75) is 98.3 Å². The summed E-state index contributed by atoms with van der Waals surface area (Å²) >= 11 is 3.24.